The van der Waals surface area contributed by atoms with Crippen molar-refractivity contribution in [2.24, 2.45) is 0 Å². The average Bonchev–Trinajstić information content (AvgIpc) is 3.62. The number of aliphatic hydroxyl groups excluding tert-OH is 1. The minimum Gasteiger partial charge on any atom is -0.390 e. The number of H-pyrrole nitrogens is 1. The highest BCUT2D eigenvalue weighted by atomic mass is 19.1. The molecule has 170 valence electrons. The molecule has 0 aliphatic carbocycles. The van der Waals surface area contributed by atoms with Gasteiger partial charge in [0.2, 0.25) is 0 Å². The first-order valence-corrected chi connectivity index (χ1v) is 10.8. The van der Waals surface area contributed by atoms with Crippen LogP contribution in [0.25, 0.3) is 38.9 Å². The third-order valence-corrected chi connectivity index (χ3v) is 5.95. The van der Waals surface area contributed by atoms with Gasteiger partial charge < -0.3 is 5.11 Å². The van der Waals surface area contributed by atoms with E-state index in [0.717, 1.165) is 16.6 Å². The SMILES string of the molecule is N#Cc1ccc(Cn2nccc2-c2cc(F)c3nnn(-c4ccc5c(CO)[nH]nc5c4)c3c2)cc1. The second kappa shape index (κ2) is 8.16. The number of benzene rings is 3. The van der Waals surface area contributed by atoms with Crippen molar-refractivity contribution >= 4 is 21.9 Å². The van der Waals surface area contributed by atoms with Crippen molar-refractivity contribution in [3.05, 3.63) is 89.5 Å². The molecule has 10 heteroatoms. The lowest BCUT2D eigenvalue weighted by atomic mass is 10.1. The summed E-state index contributed by atoms with van der Waals surface area (Å²) in [4.78, 5) is 0. The van der Waals surface area contributed by atoms with E-state index in [1.54, 1.807) is 33.8 Å². The molecule has 0 aliphatic rings. The number of hydrogen-bond acceptors (Lipinski definition) is 6. The summed E-state index contributed by atoms with van der Waals surface area (Å²) >= 11 is 0. The summed E-state index contributed by atoms with van der Waals surface area (Å²) in [5.41, 5.74) is 5.53. The monoisotopic (exact) mass is 464 g/mol. The van der Waals surface area contributed by atoms with Crippen LogP contribution in [0.1, 0.15) is 16.8 Å². The molecule has 0 spiro atoms. The normalized spacial score (nSPS) is 11.3. The molecule has 0 fully saturated rings. The fraction of sp³-hybridized carbons (Fsp3) is 0.0800. The molecule has 0 amide bonds. The van der Waals surface area contributed by atoms with Crippen LogP contribution in [0.3, 0.4) is 0 Å². The number of nitrogens with one attached hydrogen (secondary N) is 1. The van der Waals surface area contributed by atoms with Gasteiger partial charge >= 0.3 is 0 Å². The largest absolute Gasteiger partial charge is 0.390 e. The predicted molar refractivity (Wildman–Crippen MR) is 126 cm³/mol. The highest BCUT2D eigenvalue weighted by Crippen LogP contribution is 2.29. The smallest absolute Gasteiger partial charge is 0.153 e. The molecular formula is C25H17FN8O. The Hall–Kier alpha value is -4.88. The van der Waals surface area contributed by atoms with Crippen LogP contribution in [0.5, 0.6) is 0 Å². The second-order valence-electron chi connectivity index (χ2n) is 8.07. The van der Waals surface area contributed by atoms with Gasteiger partial charge in [0, 0.05) is 17.1 Å². The Bertz CT molecular complexity index is 1740. The Morgan fingerprint density at radius 3 is 2.71 bits per heavy atom. The standard InChI is InChI=1S/C25H17FN8O/c26-20-9-17(23-7-8-28-33(23)13-16-3-1-15(12-27)2-4-16)10-24-25(20)31-32-34(24)18-5-6-19-21(11-18)29-30-22(19)14-35/h1-11,35H,13-14H2,(H,29,30). The van der Waals surface area contributed by atoms with Crippen molar-refractivity contribution in [2.75, 3.05) is 0 Å². The molecule has 0 saturated heterocycles. The summed E-state index contributed by atoms with van der Waals surface area (Å²) < 4.78 is 18.4. The number of aliphatic hydroxyl groups is 1. The van der Waals surface area contributed by atoms with Crippen LogP contribution in [0.4, 0.5) is 4.39 Å². The van der Waals surface area contributed by atoms with Gasteiger partial charge in [-0.3, -0.25) is 9.78 Å². The molecule has 0 atom stereocenters. The zero-order valence-corrected chi connectivity index (χ0v) is 18.2. The van der Waals surface area contributed by atoms with E-state index < -0.39 is 5.82 Å². The maximum atomic E-state index is 15.1. The van der Waals surface area contributed by atoms with Crippen molar-refractivity contribution in [2.45, 2.75) is 13.2 Å². The number of aromatic amines is 1. The van der Waals surface area contributed by atoms with E-state index in [0.29, 0.717) is 40.1 Å². The van der Waals surface area contributed by atoms with E-state index in [1.165, 1.54) is 6.07 Å². The van der Waals surface area contributed by atoms with Crippen molar-refractivity contribution in [3.63, 3.8) is 0 Å². The van der Waals surface area contributed by atoms with E-state index in [4.69, 9.17) is 5.26 Å². The van der Waals surface area contributed by atoms with Crippen LogP contribution in [0.15, 0.2) is 66.9 Å². The third-order valence-electron chi connectivity index (χ3n) is 5.95. The number of fused-ring (bicyclic) bond motifs is 2. The third kappa shape index (κ3) is 3.51. The molecule has 6 rings (SSSR count). The predicted octanol–water partition coefficient (Wildman–Crippen LogP) is 3.71. The summed E-state index contributed by atoms with van der Waals surface area (Å²) in [7, 11) is 0. The highest BCUT2D eigenvalue weighted by Gasteiger charge is 2.17. The molecular weight excluding hydrogens is 447 g/mol. The number of rotatable bonds is 5. The zero-order chi connectivity index (χ0) is 23.9. The van der Waals surface area contributed by atoms with Crippen molar-refractivity contribution < 1.29 is 9.50 Å². The number of nitrogens with zero attached hydrogens (tertiary/aromatic N) is 7. The molecule has 3 heterocycles. The van der Waals surface area contributed by atoms with Crippen LogP contribution in [-0.4, -0.2) is 40.1 Å². The molecule has 3 aromatic carbocycles. The van der Waals surface area contributed by atoms with Gasteiger partial charge in [-0.1, -0.05) is 17.3 Å². The molecule has 6 aromatic rings. The maximum Gasteiger partial charge on any atom is 0.153 e. The maximum absolute atomic E-state index is 15.1. The Labute approximate surface area is 197 Å². The van der Waals surface area contributed by atoms with E-state index in [9.17, 15) is 5.11 Å². The highest BCUT2D eigenvalue weighted by molar-refractivity contribution is 5.86. The van der Waals surface area contributed by atoms with Crippen molar-refractivity contribution in [1.82, 2.24) is 35.0 Å². The van der Waals surface area contributed by atoms with Gasteiger partial charge in [0.15, 0.2) is 5.82 Å². The van der Waals surface area contributed by atoms with Crippen molar-refractivity contribution in [1.29, 1.82) is 5.26 Å². The number of aromatic nitrogens is 7. The van der Waals surface area contributed by atoms with Gasteiger partial charge in [0.1, 0.15) is 5.52 Å². The van der Waals surface area contributed by atoms with Gasteiger partial charge in [0.25, 0.3) is 0 Å². The number of nitriles is 1. The Morgan fingerprint density at radius 1 is 1.06 bits per heavy atom. The Balaban J connectivity index is 1.42. The summed E-state index contributed by atoms with van der Waals surface area (Å²) in [6.45, 7) is 0.320. The quantitative estimate of drug-likeness (QED) is 0.401. The van der Waals surface area contributed by atoms with Gasteiger partial charge in [-0.05, 0) is 54.1 Å². The van der Waals surface area contributed by atoms with Gasteiger partial charge in [0.05, 0.1) is 52.9 Å². The summed E-state index contributed by atoms with van der Waals surface area (Å²) in [5.74, 6) is -0.488. The van der Waals surface area contributed by atoms with Gasteiger partial charge in [-0.15, -0.1) is 5.10 Å². The van der Waals surface area contributed by atoms with Crippen molar-refractivity contribution in [3.8, 4) is 23.0 Å². The summed E-state index contributed by atoms with van der Waals surface area (Å²) in [5, 5.41) is 38.9. The van der Waals surface area contributed by atoms with Gasteiger partial charge in [-0.25, -0.2) is 9.07 Å². The van der Waals surface area contributed by atoms with E-state index in [1.807, 2.05) is 36.4 Å². The van der Waals surface area contributed by atoms with E-state index >= 15 is 4.39 Å². The topological polar surface area (TPSA) is 121 Å². The molecule has 0 aliphatic heterocycles. The van der Waals surface area contributed by atoms with E-state index in [2.05, 4.69) is 31.7 Å². The molecule has 0 bridgehead atoms. The Morgan fingerprint density at radius 2 is 1.91 bits per heavy atom. The fourth-order valence-corrected chi connectivity index (χ4v) is 4.19. The summed E-state index contributed by atoms with van der Waals surface area (Å²) in [6, 6.07) is 19.9. The Kier molecular flexibility index (Phi) is 4.83. The lowest BCUT2D eigenvalue weighted by molar-refractivity contribution is 0.278. The van der Waals surface area contributed by atoms with Gasteiger partial charge in [-0.2, -0.15) is 15.5 Å². The van der Waals surface area contributed by atoms with E-state index in [-0.39, 0.29) is 12.1 Å². The number of halogens is 1. The lowest BCUT2D eigenvalue weighted by Gasteiger charge is -2.09. The molecule has 2 N–H and O–H groups in total. The first kappa shape index (κ1) is 20.7. The van der Waals surface area contributed by atoms with Crippen LogP contribution in [0, 0.1) is 17.1 Å². The summed E-state index contributed by atoms with van der Waals surface area (Å²) in [6.07, 6.45) is 1.67. The van der Waals surface area contributed by atoms with Crippen LogP contribution < -0.4 is 0 Å². The lowest BCUT2D eigenvalue weighted by Crippen LogP contribution is -2.04. The second-order valence-corrected chi connectivity index (χ2v) is 8.07. The average molecular weight is 464 g/mol. The van der Waals surface area contributed by atoms with Crippen LogP contribution >= 0.6 is 0 Å². The van der Waals surface area contributed by atoms with Crippen LogP contribution in [-0.2, 0) is 13.2 Å². The molecule has 0 saturated carbocycles. The fourth-order valence-electron chi connectivity index (χ4n) is 4.19. The minimum absolute atomic E-state index is 0.146. The molecule has 35 heavy (non-hydrogen) atoms. The zero-order valence-electron chi connectivity index (χ0n) is 18.2. The molecule has 0 radical (unpaired) electrons. The molecule has 3 aromatic heterocycles. The number of hydrogen-bond donors (Lipinski definition) is 2. The molecule has 9 nitrogen and oxygen atoms in total. The van der Waals surface area contributed by atoms with Crippen LogP contribution in [0.2, 0.25) is 0 Å². The molecule has 0 unspecified atom stereocenters. The first-order chi connectivity index (χ1) is 17.1. The first-order valence-electron chi connectivity index (χ1n) is 10.8. The minimum atomic E-state index is -0.488.